The molecule has 1 atom stereocenters. The van der Waals surface area contributed by atoms with Crippen molar-refractivity contribution >= 4 is 28.5 Å². The van der Waals surface area contributed by atoms with Gasteiger partial charge in [0.15, 0.2) is 0 Å². The van der Waals surface area contributed by atoms with Crippen LogP contribution in [0, 0.1) is 0 Å². The molecule has 5 nitrogen and oxygen atoms in total. The predicted molar refractivity (Wildman–Crippen MR) is 73.5 cm³/mol. The van der Waals surface area contributed by atoms with Gasteiger partial charge in [-0.05, 0) is 12.1 Å². The van der Waals surface area contributed by atoms with Gasteiger partial charge >= 0.3 is 5.97 Å². The lowest BCUT2D eigenvalue weighted by atomic mass is 10.1. The number of aliphatic carboxylic acids is 1. The van der Waals surface area contributed by atoms with E-state index in [-0.39, 0.29) is 12.0 Å². The Balaban J connectivity index is 2.62. The standard InChI is InChI=1S/C13H13ClN2O3/c1-16-11-7(3-2-4-9(11)14)5-8(12(16)17)6-10(15)13(18)19/h2-5,10H,6,15H2,1H3,(H,18,19). The normalized spacial score (nSPS) is 12.6. The summed E-state index contributed by atoms with van der Waals surface area (Å²) in [5.74, 6) is -1.13. The number of aromatic nitrogens is 1. The molecule has 0 aliphatic rings. The molecule has 6 heteroatoms. The summed E-state index contributed by atoms with van der Waals surface area (Å²) in [7, 11) is 1.60. The van der Waals surface area contributed by atoms with E-state index < -0.39 is 12.0 Å². The van der Waals surface area contributed by atoms with Gasteiger partial charge in [-0.3, -0.25) is 9.59 Å². The molecule has 0 saturated carbocycles. The van der Waals surface area contributed by atoms with Crippen LogP contribution < -0.4 is 11.3 Å². The second-order valence-electron chi connectivity index (χ2n) is 4.36. The minimum absolute atomic E-state index is 0.00946. The fourth-order valence-electron chi connectivity index (χ4n) is 2.04. The van der Waals surface area contributed by atoms with Crippen LogP contribution in [0.15, 0.2) is 29.1 Å². The first-order valence-electron chi connectivity index (χ1n) is 5.67. The Morgan fingerprint density at radius 1 is 1.53 bits per heavy atom. The lowest BCUT2D eigenvalue weighted by molar-refractivity contribution is -0.138. The van der Waals surface area contributed by atoms with Crippen molar-refractivity contribution in [2.24, 2.45) is 12.8 Å². The molecule has 2 aromatic rings. The number of hydrogen-bond acceptors (Lipinski definition) is 3. The van der Waals surface area contributed by atoms with Crippen molar-refractivity contribution in [1.29, 1.82) is 0 Å². The third-order valence-electron chi connectivity index (χ3n) is 3.02. The van der Waals surface area contributed by atoms with Crippen LogP contribution in [0.1, 0.15) is 5.56 Å². The van der Waals surface area contributed by atoms with Crippen molar-refractivity contribution in [2.75, 3.05) is 0 Å². The summed E-state index contributed by atoms with van der Waals surface area (Å²) in [5.41, 5.74) is 6.18. The van der Waals surface area contributed by atoms with Crippen molar-refractivity contribution in [1.82, 2.24) is 4.57 Å². The zero-order chi connectivity index (χ0) is 14.2. The van der Waals surface area contributed by atoms with Crippen molar-refractivity contribution in [3.05, 3.63) is 45.2 Å². The fraction of sp³-hybridized carbons (Fsp3) is 0.231. The summed E-state index contributed by atoms with van der Waals surface area (Å²) in [6, 6.07) is 5.84. The van der Waals surface area contributed by atoms with Gasteiger partial charge in [-0.2, -0.15) is 0 Å². The highest BCUT2D eigenvalue weighted by Crippen LogP contribution is 2.22. The molecule has 0 spiro atoms. The summed E-state index contributed by atoms with van der Waals surface area (Å²) in [6.45, 7) is 0. The molecule has 0 aliphatic heterocycles. The Bertz CT molecular complexity index is 709. The predicted octanol–water partition coefficient (Wildman–Crippen LogP) is 1.15. The van der Waals surface area contributed by atoms with E-state index in [0.717, 1.165) is 5.39 Å². The Morgan fingerprint density at radius 2 is 2.21 bits per heavy atom. The number of hydrogen-bond donors (Lipinski definition) is 2. The van der Waals surface area contributed by atoms with E-state index in [1.165, 1.54) is 4.57 Å². The zero-order valence-corrected chi connectivity index (χ0v) is 11.0. The number of aryl methyl sites for hydroxylation is 1. The molecule has 0 fully saturated rings. The van der Waals surface area contributed by atoms with Crippen LogP contribution in [-0.4, -0.2) is 21.7 Å². The summed E-state index contributed by atoms with van der Waals surface area (Å²) in [4.78, 5) is 22.9. The van der Waals surface area contributed by atoms with Crippen LogP contribution >= 0.6 is 11.6 Å². The highest BCUT2D eigenvalue weighted by molar-refractivity contribution is 6.35. The maximum absolute atomic E-state index is 12.1. The van der Waals surface area contributed by atoms with Gasteiger partial charge in [0, 0.05) is 24.4 Å². The second kappa shape index (κ2) is 5.03. The van der Waals surface area contributed by atoms with E-state index in [1.54, 1.807) is 25.2 Å². The van der Waals surface area contributed by atoms with Gasteiger partial charge in [0.25, 0.3) is 5.56 Å². The Kier molecular flexibility index (Phi) is 3.59. The number of carboxylic acid groups (broad SMARTS) is 1. The average Bonchev–Trinajstić information content (AvgIpc) is 2.35. The molecule has 0 radical (unpaired) electrons. The van der Waals surface area contributed by atoms with Crippen LogP contribution in [0.3, 0.4) is 0 Å². The number of rotatable bonds is 3. The number of halogens is 1. The summed E-state index contributed by atoms with van der Waals surface area (Å²) >= 11 is 6.06. The third kappa shape index (κ3) is 2.47. The summed E-state index contributed by atoms with van der Waals surface area (Å²) in [5, 5.41) is 10.1. The number of carboxylic acids is 1. The molecule has 100 valence electrons. The first-order valence-corrected chi connectivity index (χ1v) is 6.05. The molecule has 0 aliphatic carbocycles. The van der Waals surface area contributed by atoms with Gasteiger partial charge in [0.05, 0.1) is 10.5 Å². The Morgan fingerprint density at radius 3 is 2.84 bits per heavy atom. The molecule has 2 rings (SSSR count). The molecule has 3 N–H and O–H groups in total. The van der Waals surface area contributed by atoms with Gasteiger partial charge in [0.1, 0.15) is 6.04 Å². The van der Waals surface area contributed by atoms with E-state index in [0.29, 0.717) is 16.1 Å². The average molecular weight is 281 g/mol. The van der Waals surface area contributed by atoms with Crippen LogP contribution in [0.2, 0.25) is 5.02 Å². The fourth-order valence-corrected chi connectivity index (χ4v) is 2.35. The van der Waals surface area contributed by atoms with Gasteiger partial charge < -0.3 is 15.4 Å². The first kappa shape index (κ1) is 13.6. The zero-order valence-electron chi connectivity index (χ0n) is 10.3. The molecule has 1 heterocycles. The number of benzene rings is 1. The molecule has 1 aromatic heterocycles. The number of nitrogens with two attached hydrogens (primary N) is 1. The van der Waals surface area contributed by atoms with Gasteiger partial charge in [0.2, 0.25) is 0 Å². The second-order valence-corrected chi connectivity index (χ2v) is 4.77. The molecule has 1 unspecified atom stereocenters. The van der Waals surface area contributed by atoms with Crippen LogP contribution in [0.25, 0.3) is 10.9 Å². The minimum Gasteiger partial charge on any atom is -0.480 e. The van der Waals surface area contributed by atoms with E-state index in [1.807, 2.05) is 6.07 Å². The molecule has 0 bridgehead atoms. The van der Waals surface area contributed by atoms with Crippen LogP contribution in [-0.2, 0) is 18.3 Å². The molecular weight excluding hydrogens is 268 g/mol. The van der Waals surface area contributed by atoms with Crippen molar-refractivity contribution in [3.63, 3.8) is 0 Å². The minimum atomic E-state index is -1.13. The van der Waals surface area contributed by atoms with E-state index >= 15 is 0 Å². The van der Waals surface area contributed by atoms with Crippen molar-refractivity contribution in [3.8, 4) is 0 Å². The van der Waals surface area contributed by atoms with Crippen LogP contribution in [0.4, 0.5) is 0 Å². The maximum atomic E-state index is 12.1. The smallest absolute Gasteiger partial charge is 0.320 e. The topological polar surface area (TPSA) is 85.3 Å². The first-order chi connectivity index (χ1) is 8.91. The molecule has 1 aromatic carbocycles. The highest BCUT2D eigenvalue weighted by Gasteiger charge is 2.16. The van der Waals surface area contributed by atoms with Crippen molar-refractivity contribution < 1.29 is 9.90 Å². The van der Waals surface area contributed by atoms with E-state index in [4.69, 9.17) is 22.4 Å². The Hall–Kier alpha value is -1.85. The number of nitrogens with zero attached hydrogens (tertiary/aromatic N) is 1. The van der Waals surface area contributed by atoms with Crippen LogP contribution in [0.5, 0.6) is 0 Å². The third-order valence-corrected chi connectivity index (χ3v) is 3.32. The van der Waals surface area contributed by atoms with Crippen molar-refractivity contribution in [2.45, 2.75) is 12.5 Å². The SMILES string of the molecule is Cn1c(=O)c(CC(N)C(=O)O)cc2cccc(Cl)c21. The Labute approximate surface area is 114 Å². The summed E-state index contributed by atoms with van der Waals surface area (Å²) in [6.07, 6.45) is -0.00946. The highest BCUT2D eigenvalue weighted by atomic mass is 35.5. The number of para-hydroxylation sites is 1. The largest absolute Gasteiger partial charge is 0.480 e. The van der Waals surface area contributed by atoms with Gasteiger partial charge in [-0.25, -0.2) is 0 Å². The summed E-state index contributed by atoms with van der Waals surface area (Å²) < 4.78 is 1.42. The number of fused-ring (bicyclic) bond motifs is 1. The lowest BCUT2D eigenvalue weighted by Gasteiger charge is -2.11. The van der Waals surface area contributed by atoms with Gasteiger partial charge in [-0.15, -0.1) is 0 Å². The monoisotopic (exact) mass is 280 g/mol. The molecule has 0 saturated heterocycles. The van der Waals surface area contributed by atoms with Gasteiger partial charge in [-0.1, -0.05) is 23.7 Å². The lowest BCUT2D eigenvalue weighted by Crippen LogP contribution is -2.35. The molecule has 19 heavy (non-hydrogen) atoms. The number of pyridine rings is 1. The number of carbonyl (C=O) groups is 1. The van der Waals surface area contributed by atoms with E-state index in [9.17, 15) is 9.59 Å². The quantitative estimate of drug-likeness (QED) is 0.883. The van der Waals surface area contributed by atoms with E-state index in [2.05, 4.69) is 0 Å². The molecule has 0 amide bonds. The molecular formula is C13H13ClN2O3. The maximum Gasteiger partial charge on any atom is 0.320 e.